The summed E-state index contributed by atoms with van der Waals surface area (Å²) in [5.41, 5.74) is 1.11. The smallest absolute Gasteiger partial charge is 0.223 e. The summed E-state index contributed by atoms with van der Waals surface area (Å²) in [6.45, 7) is 3.79. The van der Waals surface area contributed by atoms with E-state index < -0.39 is 0 Å². The van der Waals surface area contributed by atoms with Crippen LogP contribution >= 0.6 is 23.1 Å². The fraction of sp³-hybridized carbons (Fsp3) is 0.714. The van der Waals surface area contributed by atoms with Crippen molar-refractivity contribution in [2.45, 2.75) is 31.9 Å². The number of likely N-dealkylation sites (tertiary alicyclic amines) is 1. The van der Waals surface area contributed by atoms with Gasteiger partial charge in [-0.2, -0.15) is 11.8 Å². The van der Waals surface area contributed by atoms with Crippen molar-refractivity contribution in [3.63, 3.8) is 0 Å². The SMILES string of the molecule is Cc1nc(CSCCC(=O)N2CCCC(CO)C2)cs1. The lowest BCUT2D eigenvalue weighted by molar-refractivity contribution is -0.132. The molecule has 6 heteroatoms. The Kier molecular flexibility index (Phi) is 6.32. The van der Waals surface area contributed by atoms with Crippen LogP contribution in [-0.4, -0.2) is 46.3 Å². The third-order valence-electron chi connectivity index (χ3n) is 3.51. The van der Waals surface area contributed by atoms with Crippen molar-refractivity contribution >= 4 is 29.0 Å². The Morgan fingerprint density at radius 3 is 3.20 bits per heavy atom. The Morgan fingerprint density at radius 2 is 2.50 bits per heavy atom. The highest BCUT2D eigenvalue weighted by Crippen LogP contribution is 2.19. The van der Waals surface area contributed by atoms with Crippen molar-refractivity contribution in [1.82, 2.24) is 9.88 Å². The first-order valence-electron chi connectivity index (χ1n) is 7.06. The van der Waals surface area contributed by atoms with Gasteiger partial charge in [-0.15, -0.1) is 11.3 Å². The summed E-state index contributed by atoms with van der Waals surface area (Å²) in [5, 5.41) is 12.4. The molecule has 1 saturated heterocycles. The lowest BCUT2D eigenvalue weighted by Gasteiger charge is -2.31. The number of hydrogen-bond acceptors (Lipinski definition) is 5. The molecule has 0 bridgehead atoms. The summed E-state index contributed by atoms with van der Waals surface area (Å²) in [6.07, 6.45) is 2.65. The molecule has 2 heterocycles. The Labute approximate surface area is 128 Å². The first-order valence-corrected chi connectivity index (χ1v) is 9.10. The number of carbonyl (C=O) groups is 1. The fourth-order valence-corrected chi connectivity index (χ4v) is 3.95. The van der Waals surface area contributed by atoms with Gasteiger partial charge in [0.05, 0.1) is 10.7 Å². The highest BCUT2D eigenvalue weighted by atomic mass is 32.2. The number of thiazole rings is 1. The van der Waals surface area contributed by atoms with E-state index in [2.05, 4.69) is 10.4 Å². The molecule has 1 aliphatic rings. The van der Waals surface area contributed by atoms with E-state index in [9.17, 15) is 9.90 Å². The topological polar surface area (TPSA) is 53.4 Å². The minimum atomic E-state index is 0.196. The monoisotopic (exact) mass is 314 g/mol. The van der Waals surface area contributed by atoms with Crippen LogP contribution in [0.4, 0.5) is 0 Å². The van der Waals surface area contributed by atoms with Crippen LogP contribution < -0.4 is 0 Å². The molecule has 1 amide bonds. The fourth-order valence-electron chi connectivity index (χ4n) is 2.41. The normalized spacial score (nSPS) is 19.3. The number of carbonyl (C=O) groups excluding carboxylic acids is 1. The number of rotatable bonds is 6. The first kappa shape index (κ1) is 15.8. The van der Waals surface area contributed by atoms with E-state index in [1.807, 2.05) is 11.8 Å². The molecule has 1 N–H and O–H groups in total. The molecule has 1 unspecified atom stereocenters. The third kappa shape index (κ3) is 4.75. The Bertz CT molecular complexity index is 437. The number of aliphatic hydroxyl groups is 1. The van der Waals surface area contributed by atoms with Crippen molar-refractivity contribution in [2.24, 2.45) is 5.92 Å². The van der Waals surface area contributed by atoms with Gasteiger partial charge in [-0.25, -0.2) is 4.98 Å². The molecule has 0 aliphatic carbocycles. The van der Waals surface area contributed by atoms with Gasteiger partial charge in [0.15, 0.2) is 0 Å². The summed E-state index contributed by atoms with van der Waals surface area (Å²) in [7, 11) is 0. The predicted octanol–water partition coefficient (Wildman–Crippen LogP) is 2.31. The van der Waals surface area contributed by atoms with Gasteiger partial charge in [0.2, 0.25) is 5.91 Å². The molecule has 2 rings (SSSR count). The lowest BCUT2D eigenvalue weighted by Crippen LogP contribution is -2.41. The van der Waals surface area contributed by atoms with Gasteiger partial charge in [-0.1, -0.05) is 0 Å². The summed E-state index contributed by atoms with van der Waals surface area (Å²) < 4.78 is 0. The van der Waals surface area contributed by atoms with E-state index in [0.29, 0.717) is 6.42 Å². The second-order valence-corrected chi connectivity index (χ2v) is 7.36. The highest BCUT2D eigenvalue weighted by molar-refractivity contribution is 7.98. The van der Waals surface area contributed by atoms with E-state index in [0.717, 1.165) is 48.1 Å². The maximum absolute atomic E-state index is 12.1. The lowest BCUT2D eigenvalue weighted by atomic mass is 9.99. The van der Waals surface area contributed by atoms with Crippen LogP contribution in [0.3, 0.4) is 0 Å². The highest BCUT2D eigenvalue weighted by Gasteiger charge is 2.22. The second kappa shape index (κ2) is 8.00. The molecular weight excluding hydrogens is 292 g/mol. The third-order valence-corrected chi connectivity index (χ3v) is 5.32. The van der Waals surface area contributed by atoms with Gasteiger partial charge in [0.25, 0.3) is 0 Å². The van der Waals surface area contributed by atoms with Crippen LogP contribution in [0, 0.1) is 12.8 Å². The molecular formula is C14H22N2O2S2. The van der Waals surface area contributed by atoms with E-state index >= 15 is 0 Å². The van der Waals surface area contributed by atoms with Crippen molar-refractivity contribution in [3.05, 3.63) is 16.1 Å². The quantitative estimate of drug-likeness (QED) is 0.819. The van der Waals surface area contributed by atoms with Crippen LogP contribution in [0.2, 0.25) is 0 Å². The van der Waals surface area contributed by atoms with E-state index in [4.69, 9.17) is 0 Å². The van der Waals surface area contributed by atoms with Crippen LogP contribution in [0.25, 0.3) is 0 Å². The molecule has 4 nitrogen and oxygen atoms in total. The van der Waals surface area contributed by atoms with Gasteiger partial charge in [0.1, 0.15) is 0 Å². The van der Waals surface area contributed by atoms with Crippen LogP contribution in [0.1, 0.15) is 30.0 Å². The molecule has 0 saturated carbocycles. The van der Waals surface area contributed by atoms with E-state index in [-0.39, 0.29) is 18.4 Å². The maximum Gasteiger partial charge on any atom is 0.223 e. The number of thioether (sulfide) groups is 1. The largest absolute Gasteiger partial charge is 0.396 e. The number of nitrogens with zero attached hydrogens (tertiary/aromatic N) is 2. The molecule has 0 radical (unpaired) electrons. The minimum absolute atomic E-state index is 0.196. The zero-order valence-electron chi connectivity index (χ0n) is 11.9. The number of aryl methyl sites for hydroxylation is 1. The molecule has 1 fully saturated rings. The zero-order valence-corrected chi connectivity index (χ0v) is 13.5. The molecule has 1 atom stereocenters. The standard InChI is InChI=1S/C14H22N2O2S2/c1-11-15-13(10-20-11)9-19-6-4-14(18)16-5-2-3-12(7-16)8-17/h10,12,17H,2-9H2,1H3. The maximum atomic E-state index is 12.1. The molecule has 0 spiro atoms. The van der Waals surface area contributed by atoms with Crippen LogP contribution in [-0.2, 0) is 10.5 Å². The van der Waals surface area contributed by atoms with Crippen molar-refractivity contribution in [1.29, 1.82) is 0 Å². The number of aromatic nitrogens is 1. The van der Waals surface area contributed by atoms with Gasteiger partial charge in [-0.3, -0.25) is 4.79 Å². The Morgan fingerprint density at radius 1 is 1.65 bits per heavy atom. The second-order valence-electron chi connectivity index (χ2n) is 5.19. The average molecular weight is 314 g/mol. The van der Waals surface area contributed by atoms with Crippen LogP contribution in [0.5, 0.6) is 0 Å². The average Bonchev–Trinajstić information content (AvgIpc) is 2.89. The Hall–Kier alpha value is -0.590. The molecule has 1 aromatic rings. The number of amides is 1. The van der Waals surface area contributed by atoms with Crippen LogP contribution in [0.15, 0.2) is 5.38 Å². The predicted molar refractivity (Wildman–Crippen MR) is 84.0 cm³/mol. The van der Waals surface area contributed by atoms with Crippen molar-refractivity contribution < 1.29 is 9.90 Å². The summed E-state index contributed by atoms with van der Waals surface area (Å²) in [5.74, 6) is 2.23. The molecule has 20 heavy (non-hydrogen) atoms. The van der Waals surface area contributed by atoms with Crippen molar-refractivity contribution in [3.8, 4) is 0 Å². The van der Waals surface area contributed by atoms with Gasteiger partial charge >= 0.3 is 0 Å². The van der Waals surface area contributed by atoms with Gasteiger partial charge in [-0.05, 0) is 25.7 Å². The number of aliphatic hydroxyl groups excluding tert-OH is 1. The first-order chi connectivity index (χ1) is 9.69. The summed E-state index contributed by atoms with van der Waals surface area (Å²) in [4.78, 5) is 18.4. The van der Waals surface area contributed by atoms with Crippen molar-refractivity contribution in [2.75, 3.05) is 25.4 Å². The van der Waals surface area contributed by atoms with E-state index in [1.165, 1.54) is 0 Å². The molecule has 112 valence electrons. The molecule has 1 aliphatic heterocycles. The number of hydrogen-bond donors (Lipinski definition) is 1. The summed E-state index contributed by atoms with van der Waals surface area (Å²) in [6, 6.07) is 0. The van der Waals surface area contributed by atoms with Gasteiger partial charge in [0, 0.05) is 43.0 Å². The molecule has 1 aromatic heterocycles. The molecule has 0 aromatic carbocycles. The van der Waals surface area contributed by atoms with E-state index in [1.54, 1.807) is 23.1 Å². The number of piperidine rings is 1. The van der Waals surface area contributed by atoms with Gasteiger partial charge < -0.3 is 10.0 Å². The Balaban J connectivity index is 1.64. The summed E-state index contributed by atoms with van der Waals surface area (Å²) >= 11 is 3.44. The zero-order chi connectivity index (χ0) is 14.4. The minimum Gasteiger partial charge on any atom is -0.396 e.